The standard InChI is InChI=1S/C47H32N4/c1-4-15-33(16-5-1)45-48-46(34-17-6-2-7-18-34)50-47(49-45)41-25-14-23-38(31-41)36-21-12-20-35(29-36)37-22-13-24-39(30-37)44-32-40-19-10-11-28-43(40)51(44)42-26-8-3-9-27-42/h1-32H. The highest BCUT2D eigenvalue weighted by Crippen LogP contribution is 2.35. The van der Waals surface area contributed by atoms with Crippen molar-refractivity contribution in [3.05, 3.63) is 194 Å². The Balaban J connectivity index is 1.10. The SMILES string of the molecule is c1ccc(-c2nc(-c3ccccc3)nc(-c3cccc(-c4cccc(-c5cccc(-c6cc7ccccc7n6-c6ccccc6)c5)c4)c3)n2)cc1. The zero-order chi connectivity index (χ0) is 34.0. The van der Waals surface area contributed by atoms with Gasteiger partial charge >= 0.3 is 0 Å². The molecule has 0 atom stereocenters. The molecule has 51 heavy (non-hydrogen) atoms. The number of hydrogen-bond acceptors (Lipinski definition) is 3. The quantitative estimate of drug-likeness (QED) is 0.172. The van der Waals surface area contributed by atoms with Gasteiger partial charge in [-0.1, -0.05) is 152 Å². The molecule has 0 spiro atoms. The molecule has 0 saturated carbocycles. The molecule has 2 heterocycles. The summed E-state index contributed by atoms with van der Waals surface area (Å²) in [4.78, 5) is 14.8. The van der Waals surface area contributed by atoms with Crippen LogP contribution in [-0.4, -0.2) is 19.5 Å². The van der Waals surface area contributed by atoms with Crippen molar-refractivity contribution in [3.8, 4) is 73.4 Å². The Morgan fingerprint density at radius 1 is 0.294 bits per heavy atom. The van der Waals surface area contributed by atoms with Crippen LogP contribution in [0.3, 0.4) is 0 Å². The third-order valence-electron chi connectivity index (χ3n) is 9.23. The predicted octanol–water partition coefficient (Wildman–Crippen LogP) is 11.8. The van der Waals surface area contributed by atoms with Crippen LogP contribution in [0.5, 0.6) is 0 Å². The number of rotatable bonds is 7. The Morgan fingerprint density at radius 2 is 0.686 bits per heavy atom. The van der Waals surface area contributed by atoms with Gasteiger partial charge in [-0.15, -0.1) is 0 Å². The second-order valence-electron chi connectivity index (χ2n) is 12.5. The molecule has 0 unspecified atom stereocenters. The molecule has 0 bridgehead atoms. The Morgan fingerprint density at radius 3 is 1.25 bits per heavy atom. The Labute approximate surface area is 297 Å². The molecule has 4 heteroatoms. The molecule has 0 N–H and O–H groups in total. The number of aromatic nitrogens is 4. The van der Waals surface area contributed by atoms with E-state index < -0.39 is 0 Å². The maximum absolute atomic E-state index is 4.96. The Bertz CT molecular complexity index is 2570. The van der Waals surface area contributed by atoms with Gasteiger partial charge in [0, 0.05) is 27.8 Å². The summed E-state index contributed by atoms with van der Waals surface area (Å²) >= 11 is 0. The van der Waals surface area contributed by atoms with Crippen molar-refractivity contribution in [2.24, 2.45) is 0 Å². The topological polar surface area (TPSA) is 43.6 Å². The molecule has 9 aromatic rings. The molecule has 0 saturated heterocycles. The first kappa shape index (κ1) is 30.2. The molecule has 0 radical (unpaired) electrons. The van der Waals surface area contributed by atoms with E-state index in [0.29, 0.717) is 17.5 Å². The summed E-state index contributed by atoms with van der Waals surface area (Å²) in [5, 5.41) is 1.22. The van der Waals surface area contributed by atoms with Crippen LogP contribution < -0.4 is 0 Å². The van der Waals surface area contributed by atoms with Gasteiger partial charge in [-0.05, 0) is 70.3 Å². The van der Waals surface area contributed by atoms with Crippen molar-refractivity contribution in [1.82, 2.24) is 19.5 Å². The fourth-order valence-electron chi connectivity index (χ4n) is 6.73. The molecule has 9 rings (SSSR count). The minimum absolute atomic E-state index is 0.641. The van der Waals surface area contributed by atoms with Crippen molar-refractivity contribution in [3.63, 3.8) is 0 Å². The smallest absolute Gasteiger partial charge is 0.164 e. The van der Waals surface area contributed by atoms with E-state index in [4.69, 9.17) is 15.0 Å². The Hall–Kier alpha value is -6.91. The number of nitrogens with zero attached hydrogens (tertiary/aromatic N) is 4. The van der Waals surface area contributed by atoms with Crippen LogP contribution in [0.15, 0.2) is 194 Å². The van der Waals surface area contributed by atoms with Crippen molar-refractivity contribution in [1.29, 1.82) is 0 Å². The van der Waals surface area contributed by atoms with Crippen LogP contribution in [0, 0.1) is 0 Å². The van der Waals surface area contributed by atoms with E-state index >= 15 is 0 Å². The average molecular weight is 653 g/mol. The van der Waals surface area contributed by atoms with Crippen molar-refractivity contribution in [2.45, 2.75) is 0 Å². The van der Waals surface area contributed by atoms with Crippen LogP contribution in [-0.2, 0) is 0 Å². The number of hydrogen-bond donors (Lipinski definition) is 0. The highest BCUT2D eigenvalue weighted by atomic mass is 15.0. The fraction of sp³-hybridized carbons (Fsp3) is 0. The van der Waals surface area contributed by atoms with E-state index in [1.54, 1.807) is 0 Å². The molecule has 7 aromatic carbocycles. The van der Waals surface area contributed by atoms with Gasteiger partial charge in [-0.3, -0.25) is 0 Å². The summed E-state index contributed by atoms with van der Waals surface area (Å²) in [6.07, 6.45) is 0. The molecule has 0 aliphatic rings. The predicted molar refractivity (Wildman–Crippen MR) is 209 cm³/mol. The zero-order valence-corrected chi connectivity index (χ0v) is 27.8. The van der Waals surface area contributed by atoms with Crippen LogP contribution in [0.25, 0.3) is 84.3 Å². The van der Waals surface area contributed by atoms with E-state index in [0.717, 1.165) is 50.3 Å². The minimum Gasteiger partial charge on any atom is -0.309 e. The van der Waals surface area contributed by atoms with Gasteiger partial charge in [-0.2, -0.15) is 0 Å². The molecule has 0 amide bonds. The van der Waals surface area contributed by atoms with Gasteiger partial charge in [0.2, 0.25) is 0 Å². The number of para-hydroxylation sites is 2. The summed E-state index contributed by atoms with van der Waals surface area (Å²) in [5.74, 6) is 1.94. The highest BCUT2D eigenvalue weighted by molar-refractivity contribution is 5.90. The molecule has 2 aromatic heterocycles. The first-order valence-corrected chi connectivity index (χ1v) is 17.1. The minimum atomic E-state index is 0.641. The summed E-state index contributed by atoms with van der Waals surface area (Å²) in [5.41, 5.74) is 12.0. The maximum atomic E-state index is 4.96. The largest absolute Gasteiger partial charge is 0.309 e. The number of fused-ring (bicyclic) bond motifs is 1. The van der Waals surface area contributed by atoms with Gasteiger partial charge < -0.3 is 4.57 Å². The fourth-order valence-corrected chi connectivity index (χ4v) is 6.73. The average Bonchev–Trinajstić information content (AvgIpc) is 3.62. The van der Waals surface area contributed by atoms with Crippen molar-refractivity contribution < 1.29 is 0 Å². The van der Waals surface area contributed by atoms with E-state index in [9.17, 15) is 0 Å². The lowest BCUT2D eigenvalue weighted by Crippen LogP contribution is -2.00. The molecule has 240 valence electrons. The molecule has 4 nitrogen and oxygen atoms in total. The normalized spacial score (nSPS) is 11.1. The first-order chi connectivity index (χ1) is 25.3. The van der Waals surface area contributed by atoms with Crippen LogP contribution in [0.1, 0.15) is 0 Å². The first-order valence-electron chi connectivity index (χ1n) is 17.1. The molecule has 0 fully saturated rings. The molecule has 0 aliphatic carbocycles. The number of benzene rings is 7. The second-order valence-corrected chi connectivity index (χ2v) is 12.5. The van der Waals surface area contributed by atoms with Crippen LogP contribution in [0.2, 0.25) is 0 Å². The summed E-state index contributed by atoms with van der Waals surface area (Å²) in [7, 11) is 0. The summed E-state index contributed by atoms with van der Waals surface area (Å²) in [6.45, 7) is 0. The third-order valence-corrected chi connectivity index (χ3v) is 9.23. The van der Waals surface area contributed by atoms with Crippen molar-refractivity contribution >= 4 is 10.9 Å². The summed E-state index contributed by atoms with van der Waals surface area (Å²) < 4.78 is 2.35. The maximum Gasteiger partial charge on any atom is 0.164 e. The van der Waals surface area contributed by atoms with Crippen molar-refractivity contribution in [2.75, 3.05) is 0 Å². The van der Waals surface area contributed by atoms with E-state index in [2.05, 4.69) is 138 Å². The molecule has 0 aliphatic heterocycles. The van der Waals surface area contributed by atoms with E-state index in [1.165, 1.54) is 16.5 Å². The van der Waals surface area contributed by atoms with Crippen LogP contribution >= 0.6 is 0 Å². The van der Waals surface area contributed by atoms with Gasteiger partial charge in [0.1, 0.15) is 0 Å². The third kappa shape index (κ3) is 6.00. The van der Waals surface area contributed by atoms with E-state index in [-0.39, 0.29) is 0 Å². The van der Waals surface area contributed by atoms with Crippen LogP contribution in [0.4, 0.5) is 0 Å². The highest BCUT2D eigenvalue weighted by Gasteiger charge is 2.15. The van der Waals surface area contributed by atoms with Gasteiger partial charge in [0.15, 0.2) is 17.5 Å². The van der Waals surface area contributed by atoms with Gasteiger partial charge in [0.05, 0.1) is 11.2 Å². The lowest BCUT2D eigenvalue weighted by atomic mass is 9.96. The Kier molecular flexibility index (Phi) is 7.80. The molecular formula is C47H32N4. The second kappa shape index (κ2) is 13.2. The van der Waals surface area contributed by atoms with Gasteiger partial charge in [0.25, 0.3) is 0 Å². The lowest BCUT2D eigenvalue weighted by Gasteiger charge is -2.13. The monoisotopic (exact) mass is 652 g/mol. The zero-order valence-electron chi connectivity index (χ0n) is 27.8. The summed E-state index contributed by atoms with van der Waals surface area (Å²) in [6, 6.07) is 67.7. The van der Waals surface area contributed by atoms with E-state index in [1.807, 2.05) is 60.7 Å². The lowest BCUT2D eigenvalue weighted by molar-refractivity contribution is 1.07. The molecular weight excluding hydrogens is 621 g/mol. The van der Waals surface area contributed by atoms with Gasteiger partial charge in [-0.25, -0.2) is 15.0 Å².